The summed E-state index contributed by atoms with van der Waals surface area (Å²) in [6, 6.07) is 4.82. The molecule has 0 atom stereocenters. The smallest absolute Gasteiger partial charge is 0.243 e. The van der Waals surface area contributed by atoms with Crippen molar-refractivity contribution >= 4 is 21.6 Å². The molecule has 0 saturated carbocycles. The summed E-state index contributed by atoms with van der Waals surface area (Å²) in [5.41, 5.74) is 0.684. The number of benzene rings is 1. The van der Waals surface area contributed by atoms with Gasteiger partial charge in [-0.25, -0.2) is 8.42 Å². The highest BCUT2D eigenvalue weighted by Crippen LogP contribution is 2.26. The molecule has 0 aliphatic heterocycles. The third-order valence-corrected chi connectivity index (χ3v) is 5.16. The van der Waals surface area contributed by atoms with E-state index in [1.54, 1.807) is 25.3 Å². The van der Waals surface area contributed by atoms with E-state index in [1.165, 1.54) is 4.31 Å². The van der Waals surface area contributed by atoms with Crippen LogP contribution < -0.4 is 4.74 Å². The first-order valence-electron chi connectivity index (χ1n) is 6.74. The molecular formula is C14H22ClNO3S. The summed E-state index contributed by atoms with van der Waals surface area (Å²) in [7, 11) is -1.92. The van der Waals surface area contributed by atoms with Crippen LogP contribution in [-0.4, -0.2) is 32.9 Å². The van der Waals surface area contributed by atoms with Gasteiger partial charge in [0.25, 0.3) is 0 Å². The predicted octanol–water partition coefficient (Wildman–Crippen LogP) is 3.24. The molecular weight excluding hydrogens is 298 g/mol. The van der Waals surface area contributed by atoms with Crippen LogP contribution in [-0.2, 0) is 15.9 Å². The molecule has 1 rings (SSSR count). The highest BCUT2D eigenvalue weighted by molar-refractivity contribution is 7.89. The van der Waals surface area contributed by atoms with Crippen LogP contribution in [0.2, 0.25) is 0 Å². The van der Waals surface area contributed by atoms with E-state index in [9.17, 15) is 8.42 Å². The molecule has 0 N–H and O–H groups in total. The lowest BCUT2D eigenvalue weighted by atomic mass is 10.2. The van der Waals surface area contributed by atoms with Gasteiger partial charge in [-0.3, -0.25) is 0 Å². The van der Waals surface area contributed by atoms with Gasteiger partial charge in [0.2, 0.25) is 10.0 Å². The monoisotopic (exact) mass is 319 g/mol. The van der Waals surface area contributed by atoms with Crippen LogP contribution in [0.15, 0.2) is 23.1 Å². The Kier molecular flexibility index (Phi) is 6.79. The van der Waals surface area contributed by atoms with Gasteiger partial charge >= 0.3 is 0 Å². The number of hydrogen-bond donors (Lipinski definition) is 0. The minimum atomic E-state index is -3.46. The summed E-state index contributed by atoms with van der Waals surface area (Å²) in [6.45, 7) is 4.99. The Labute approximate surface area is 126 Å². The summed E-state index contributed by atoms with van der Waals surface area (Å²) < 4.78 is 31.9. The van der Waals surface area contributed by atoms with Crippen LogP contribution in [0.25, 0.3) is 0 Å². The number of alkyl halides is 1. The minimum absolute atomic E-state index is 0.216. The van der Waals surface area contributed by atoms with Crippen molar-refractivity contribution in [1.29, 1.82) is 0 Å². The minimum Gasteiger partial charge on any atom is -0.496 e. The maximum Gasteiger partial charge on any atom is 0.243 e. The van der Waals surface area contributed by atoms with Crippen molar-refractivity contribution < 1.29 is 13.2 Å². The number of ether oxygens (including phenoxy) is 1. The molecule has 4 nitrogen and oxygen atoms in total. The Morgan fingerprint density at radius 1 is 1.20 bits per heavy atom. The zero-order valence-electron chi connectivity index (χ0n) is 12.2. The summed E-state index contributed by atoms with van der Waals surface area (Å²) in [6.07, 6.45) is 1.58. The van der Waals surface area contributed by atoms with Gasteiger partial charge in [-0.1, -0.05) is 13.8 Å². The van der Waals surface area contributed by atoms with Gasteiger partial charge in [0, 0.05) is 18.7 Å². The fourth-order valence-corrected chi connectivity index (χ4v) is 3.90. The van der Waals surface area contributed by atoms with E-state index in [1.807, 2.05) is 13.8 Å². The number of halogens is 1. The fraction of sp³-hybridized carbons (Fsp3) is 0.571. The van der Waals surface area contributed by atoms with Gasteiger partial charge < -0.3 is 4.74 Å². The Morgan fingerprint density at radius 2 is 1.80 bits per heavy atom. The zero-order chi connectivity index (χ0) is 15.2. The predicted molar refractivity (Wildman–Crippen MR) is 81.9 cm³/mol. The van der Waals surface area contributed by atoms with Gasteiger partial charge in [0.1, 0.15) is 5.75 Å². The van der Waals surface area contributed by atoms with Crippen LogP contribution in [0.5, 0.6) is 5.75 Å². The lowest BCUT2D eigenvalue weighted by Gasteiger charge is -2.21. The number of sulfonamides is 1. The molecule has 1 aromatic rings. The average molecular weight is 320 g/mol. The van der Waals surface area contributed by atoms with Gasteiger partial charge in [-0.15, -0.1) is 11.6 Å². The second-order valence-corrected chi connectivity index (χ2v) is 6.72. The second-order valence-electron chi connectivity index (χ2n) is 4.51. The lowest BCUT2D eigenvalue weighted by Crippen LogP contribution is -2.32. The largest absolute Gasteiger partial charge is 0.496 e. The lowest BCUT2D eigenvalue weighted by molar-refractivity contribution is 0.406. The van der Waals surface area contributed by atoms with Gasteiger partial charge in [0.15, 0.2) is 0 Å². The maximum absolute atomic E-state index is 12.6. The van der Waals surface area contributed by atoms with Crippen LogP contribution in [0.1, 0.15) is 32.3 Å². The molecule has 0 aromatic heterocycles. The number of methoxy groups -OCH3 is 1. The molecule has 0 spiro atoms. The van der Waals surface area contributed by atoms with Crippen molar-refractivity contribution in [3.63, 3.8) is 0 Å². The maximum atomic E-state index is 12.6. The Bertz CT molecular complexity index is 525. The highest BCUT2D eigenvalue weighted by Gasteiger charge is 2.23. The van der Waals surface area contributed by atoms with Crippen LogP contribution in [0.4, 0.5) is 0 Å². The third-order valence-electron chi connectivity index (χ3n) is 2.98. The van der Waals surface area contributed by atoms with Crippen LogP contribution in [0.3, 0.4) is 0 Å². The molecule has 0 heterocycles. The van der Waals surface area contributed by atoms with Crippen molar-refractivity contribution in [2.75, 3.05) is 20.2 Å². The topological polar surface area (TPSA) is 46.6 Å². The molecule has 114 valence electrons. The van der Waals surface area contributed by atoms with E-state index in [2.05, 4.69) is 0 Å². The molecule has 0 saturated heterocycles. The molecule has 0 amide bonds. The summed E-state index contributed by atoms with van der Waals surface area (Å²) in [5, 5.41) is 0. The SMILES string of the molecule is CCCN(CCC)S(=O)(=O)c1ccc(OC)c(CCl)c1. The van der Waals surface area contributed by atoms with E-state index in [0.717, 1.165) is 12.8 Å². The van der Waals surface area contributed by atoms with Gasteiger partial charge in [-0.05, 0) is 31.0 Å². The normalized spacial score (nSPS) is 11.8. The van der Waals surface area contributed by atoms with Crippen molar-refractivity contribution in [2.45, 2.75) is 37.5 Å². The first-order chi connectivity index (χ1) is 9.51. The van der Waals surface area contributed by atoms with Crippen LogP contribution >= 0.6 is 11.6 Å². The molecule has 0 fully saturated rings. The van der Waals surface area contributed by atoms with E-state index in [0.29, 0.717) is 24.4 Å². The van der Waals surface area contributed by atoms with Crippen molar-refractivity contribution in [3.05, 3.63) is 23.8 Å². The van der Waals surface area contributed by atoms with Gasteiger partial charge in [0.05, 0.1) is 17.9 Å². The number of hydrogen-bond acceptors (Lipinski definition) is 3. The standard InChI is InChI=1S/C14H22ClNO3S/c1-4-8-16(9-5-2)20(17,18)13-6-7-14(19-3)12(10-13)11-15/h6-7,10H,4-5,8-9,11H2,1-3H3. The molecule has 0 bridgehead atoms. The molecule has 0 aliphatic carbocycles. The summed E-state index contributed by atoms with van der Waals surface area (Å²) in [4.78, 5) is 0.274. The molecule has 1 aromatic carbocycles. The summed E-state index contributed by atoms with van der Waals surface area (Å²) in [5.74, 6) is 0.824. The molecule has 6 heteroatoms. The number of rotatable bonds is 8. The number of nitrogens with zero attached hydrogens (tertiary/aromatic N) is 1. The average Bonchev–Trinajstić information content (AvgIpc) is 2.46. The fourth-order valence-electron chi connectivity index (χ4n) is 2.02. The van der Waals surface area contributed by atoms with Crippen LogP contribution in [0, 0.1) is 0 Å². The highest BCUT2D eigenvalue weighted by atomic mass is 35.5. The second kappa shape index (κ2) is 7.86. The van der Waals surface area contributed by atoms with Gasteiger partial charge in [-0.2, -0.15) is 4.31 Å². The van der Waals surface area contributed by atoms with E-state index >= 15 is 0 Å². The Hall–Kier alpha value is -0.780. The molecule has 20 heavy (non-hydrogen) atoms. The first-order valence-corrected chi connectivity index (χ1v) is 8.71. The zero-order valence-corrected chi connectivity index (χ0v) is 13.8. The van der Waals surface area contributed by atoms with Crippen molar-refractivity contribution in [2.24, 2.45) is 0 Å². The third kappa shape index (κ3) is 3.87. The summed E-state index contributed by atoms with van der Waals surface area (Å²) >= 11 is 5.85. The Balaban J connectivity index is 3.19. The van der Waals surface area contributed by atoms with Crippen molar-refractivity contribution in [1.82, 2.24) is 4.31 Å². The van der Waals surface area contributed by atoms with E-state index in [4.69, 9.17) is 16.3 Å². The van der Waals surface area contributed by atoms with E-state index in [-0.39, 0.29) is 10.8 Å². The molecule has 0 unspecified atom stereocenters. The quantitative estimate of drug-likeness (QED) is 0.691. The van der Waals surface area contributed by atoms with E-state index < -0.39 is 10.0 Å². The first kappa shape index (κ1) is 17.3. The molecule has 0 aliphatic rings. The Morgan fingerprint density at radius 3 is 2.25 bits per heavy atom. The van der Waals surface area contributed by atoms with Crippen molar-refractivity contribution in [3.8, 4) is 5.75 Å². The molecule has 0 radical (unpaired) electrons.